The number of fused-ring (bicyclic) bond motifs is 1. The van der Waals surface area contributed by atoms with Crippen LogP contribution >= 0.6 is 22.7 Å². The summed E-state index contributed by atoms with van der Waals surface area (Å²) in [5, 5.41) is 19.1. The van der Waals surface area contributed by atoms with Gasteiger partial charge in [-0.05, 0) is 37.6 Å². The lowest BCUT2D eigenvalue weighted by molar-refractivity contribution is -0.112. The predicted molar refractivity (Wildman–Crippen MR) is 128 cm³/mol. The standard InChI is InChI=1S/C22H18N6O4S2/c1-12-11-33-21(24-12)26-20(30)15(9-23)6-14-4-5-17(18(7-14)31-3)32-10-16-8-19(29)28-22(25-16)34-13(2)27-28/h4-8,11H,10H2,1-3H3,(H,24,26,30)/b15-6-. The number of rotatable bonds is 7. The summed E-state index contributed by atoms with van der Waals surface area (Å²) in [6, 6.07) is 8.27. The van der Waals surface area contributed by atoms with Crippen LogP contribution in [0.3, 0.4) is 0 Å². The molecule has 0 bridgehead atoms. The molecule has 0 spiro atoms. The number of benzene rings is 1. The molecular formula is C22H18N6O4S2. The van der Waals surface area contributed by atoms with Crippen LogP contribution in [-0.4, -0.2) is 32.6 Å². The van der Waals surface area contributed by atoms with E-state index < -0.39 is 5.91 Å². The molecule has 4 aromatic rings. The Morgan fingerprint density at radius 2 is 2.09 bits per heavy atom. The van der Waals surface area contributed by atoms with Crippen molar-refractivity contribution >= 4 is 44.7 Å². The predicted octanol–water partition coefficient (Wildman–Crippen LogP) is 3.36. The van der Waals surface area contributed by atoms with E-state index in [2.05, 4.69) is 20.4 Å². The van der Waals surface area contributed by atoms with Crippen molar-refractivity contribution in [1.29, 1.82) is 5.26 Å². The number of nitrogens with one attached hydrogen (secondary N) is 1. The molecule has 1 aromatic carbocycles. The fourth-order valence-corrected chi connectivity index (χ4v) is 4.41. The first kappa shape index (κ1) is 23.1. The quantitative estimate of drug-likeness (QED) is 0.306. The molecule has 0 aliphatic carbocycles. The molecule has 0 aliphatic rings. The maximum Gasteiger partial charge on any atom is 0.275 e. The molecule has 3 heterocycles. The van der Waals surface area contributed by atoms with Gasteiger partial charge in [0.25, 0.3) is 11.5 Å². The summed E-state index contributed by atoms with van der Waals surface area (Å²) in [6.07, 6.45) is 1.45. The number of hydrogen-bond donors (Lipinski definition) is 1. The minimum Gasteiger partial charge on any atom is -0.493 e. The summed E-state index contributed by atoms with van der Waals surface area (Å²) in [4.78, 5) is 33.7. The van der Waals surface area contributed by atoms with Gasteiger partial charge in [0, 0.05) is 11.4 Å². The van der Waals surface area contributed by atoms with Crippen molar-refractivity contribution in [2.75, 3.05) is 12.4 Å². The normalized spacial score (nSPS) is 11.3. The van der Waals surface area contributed by atoms with Crippen molar-refractivity contribution in [3.05, 3.63) is 67.5 Å². The van der Waals surface area contributed by atoms with Gasteiger partial charge in [0.1, 0.15) is 23.3 Å². The second kappa shape index (κ2) is 9.82. The van der Waals surface area contributed by atoms with E-state index in [-0.39, 0.29) is 17.7 Å². The van der Waals surface area contributed by atoms with Crippen LogP contribution in [0.2, 0.25) is 0 Å². The highest BCUT2D eigenvalue weighted by Gasteiger charge is 2.13. The van der Waals surface area contributed by atoms with E-state index in [4.69, 9.17) is 9.47 Å². The molecule has 3 aromatic heterocycles. The van der Waals surface area contributed by atoms with E-state index in [0.29, 0.717) is 32.8 Å². The van der Waals surface area contributed by atoms with E-state index in [9.17, 15) is 14.9 Å². The Bertz CT molecular complexity index is 1510. The number of thiazole rings is 1. The topological polar surface area (TPSA) is 132 Å². The molecule has 0 fully saturated rings. The molecule has 172 valence electrons. The molecule has 10 nitrogen and oxygen atoms in total. The maximum absolute atomic E-state index is 12.4. The van der Waals surface area contributed by atoms with Gasteiger partial charge in [-0.25, -0.2) is 9.97 Å². The van der Waals surface area contributed by atoms with Crippen molar-refractivity contribution in [3.8, 4) is 17.6 Å². The van der Waals surface area contributed by atoms with Gasteiger partial charge in [0.05, 0.1) is 18.5 Å². The van der Waals surface area contributed by atoms with Crippen LogP contribution in [0.1, 0.15) is 22.0 Å². The van der Waals surface area contributed by atoms with E-state index >= 15 is 0 Å². The summed E-state index contributed by atoms with van der Waals surface area (Å²) < 4.78 is 12.5. The lowest BCUT2D eigenvalue weighted by Crippen LogP contribution is -2.16. The Balaban J connectivity index is 1.51. The van der Waals surface area contributed by atoms with Gasteiger partial charge in [-0.3, -0.25) is 14.9 Å². The SMILES string of the molecule is COc1cc(/C=C(/C#N)C(=O)Nc2nc(C)cs2)ccc1OCc1cc(=O)n2nc(C)sc2n1. The molecule has 4 rings (SSSR count). The second-order valence-corrected chi connectivity index (χ2v) is 9.04. The minimum atomic E-state index is -0.554. The Labute approximate surface area is 201 Å². The first-order valence-corrected chi connectivity index (χ1v) is 11.6. The zero-order chi connectivity index (χ0) is 24.2. The van der Waals surface area contributed by atoms with E-state index in [1.54, 1.807) is 30.5 Å². The average Bonchev–Trinajstić information content (AvgIpc) is 3.40. The van der Waals surface area contributed by atoms with Crippen molar-refractivity contribution in [2.24, 2.45) is 0 Å². The number of carbonyl (C=O) groups is 1. The third-order valence-corrected chi connectivity index (χ3v) is 6.18. The number of anilines is 1. The second-order valence-electron chi connectivity index (χ2n) is 7.02. The van der Waals surface area contributed by atoms with Crippen LogP contribution in [0, 0.1) is 25.2 Å². The van der Waals surface area contributed by atoms with E-state index in [1.165, 1.54) is 46.4 Å². The summed E-state index contributed by atoms with van der Waals surface area (Å²) >= 11 is 2.60. The van der Waals surface area contributed by atoms with Gasteiger partial charge in [0.15, 0.2) is 16.6 Å². The molecule has 34 heavy (non-hydrogen) atoms. The number of aromatic nitrogens is 4. The molecule has 1 amide bonds. The lowest BCUT2D eigenvalue weighted by Gasteiger charge is -2.11. The molecule has 0 saturated heterocycles. The first-order valence-electron chi connectivity index (χ1n) is 9.89. The maximum atomic E-state index is 12.4. The Morgan fingerprint density at radius 3 is 2.79 bits per heavy atom. The smallest absolute Gasteiger partial charge is 0.275 e. The molecule has 0 atom stereocenters. The van der Waals surface area contributed by atoms with Gasteiger partial charge < -0.3 is 9.47 Å². The van der Waals surface area contributed by atoms with Crippen molar-refractivity contribution in [2.45, 2.75) is 20.5 Å². The van der Waals surface area contributed by atoms with Gasteiger partial charge in [-0.2, -0.15) is 14.9 Å². The average molecular weight is 495 g/mol. The highest BCUT2D eigenvalue weighted by Crippen LogP contribution is 2.30. The highest BCUT2D eigenvalue weighted by atomic mass is 32.1. The Kier molecular flexibility index (Phi) is 6.67. The molecule has 0 aliphatic heterocycles. The van der Waals surface area contributed by atoms with Crippen LogP contribution in [0.4, 0.5) is 5.13 Å². The summed E-state index contributed by atoms with van der Waals surface area (Å²) in [5.74, 6) is 0.263. The third kappa shape index (κ3) is 5.11. The number of amides is 1. The molecule has 0 saturated carbocycles. The molecular weight excluding hydrogens is 476 g/mol. The van der Waals surface area contributed by atoms with Crippen LogP contribution in [0.25, 0.3) is 11.0 Å². The fraction of sp³-hybridized carbons (Fsp3) is 0.182. The zero-order valence-electron chi connectivity index (χ0n) is 18.4. The van der Waals surface area contributed by atoms with E-state index in [1.807, 2.05) is 13.0 Å². The van der Waals surface area contributed by atoms with Gasteiger partial charge in [-0.15, -0.1) is 11.3 Å². The van der Waals surface area contributed by atoms with E-state index in [0.717, 1.165) is 10.7 Å². The molecule has 0 radical (unpaired) electrons. The Hall–Kier alpha value is -4.08. The van der Waals surface area contributed by atoms with Gasteiger partial charge in [0.2, 0.25) is 4.96 Å². The number of hydrogen-bond acceptors (Lipinski definition) is 10. The van der Waals surface area contributed by atoms with Crippen LogP contribution in [0.15, 0.2) is 40.0 Å². The van der Waals surface area contributed by atoms with Crippen molar-refractivity contribution < 1.29 is 14.3 Å². The number of carbonyl (C=O) groups excluding carboxylic acids is 1. The van der Waals surface area contributed by atoms with Crippen molar-refractivity contribution in [3.63, 3.8) is 0 Å². The highest BCUT2D eigenvalue weighted by molar-refractivity contribution is 7.16. The van der Waals surface area contributed by atoms with Crippen molar-refractivity contribution in [1.82, 2.24) is 19.6 Å². The number of methoxy groups -OCH3 is 1. The van der Waals surface area contributed by atoms with Gasteiger partial charge >= 0.3 is 0 Å². The summed E-state index contributed by atoms with van der Waals surface area (Å²) in [7, 11) is 1.48. The first-order chi connectivity index (χ1) is 16.4. The fourth-order valence-electron chi connectivity index (χ4n) is 2.96. The van der Waals surface area contributed by atoms with Crippen LogP contribution in [0.5, 0.6) is 11.5 Å². The number of nitriles is 1. The number of nitrogens with zero attached hydrogens (tertiary/aromatic N) is 5. The minimum absolute atomic E-state index is 0.0489. The Morgan fingerprint density at radius 1 is 1.26 bits per heavy atom. The largest absolute Gasteiger partial charge is 0.493 e. The molecule has 12 heteroatoms. The number of aryl methyl sites for hydroxylation is 2. The summed E-state index contributed by atoms with van der Waals surface area (Å²) in [6.45, 7) is 3.67. The molecule has 1 N–H and O–H groups in total. The van der Waals surface area contributed by atoms with Crippen LogP contribution < -0.4 is 20.3 Å². The van der Waals surface area contributed by atoms with Crippen LogP contribution in [-0.2, 0) is 11.4 Å². The van der Waals surface area contributed by atoms with Gasteiger partial charge in [-0.1, -0.05) is 17.4 Å². The zero-order valence-corrected chi connectivity index (χ0v) is 20.0. The monoisotopic (exact) mass is 494 g/mol. The number of ether oxygens (including phenoxy) is 2. The summed E-state index contributed by atoms with van der Waals surface area (Å²) in [5.41, 5.74) is 1.45. The molecule has 0 unspecified atom stereocenters. The third-order valence-electron chi connectivity index (χ3n) is 4.48. The lowest BCUT2D eigenvalue weighted by atomic mass is 10.1.